The van der Waals surface area contributed by atoms with Crippen molar-refractivity contribution in [2.75, 3.05) is 7.05 Å². The van der Waals surface area contributed by atoms with Crippen molar-refractivity contribution in [3.05, 3.63) is 36.0 Å². The van der Waals surface area contributed by atoms with E-state index >= 15 is 0 Å². The molecule has 0 saturated heterocycles. The number of aromatic nitrogens is 1. The fraction of sp³-hybridized carbons (Fsp3) is 0.550. The predicted molar refractivity (Wildman–Crippen MR) is 97.8 cm³/mol. The van der Waals surface area contributed by atoms with Crippen molar-refractivity contribution in [3.63, 3.8) is 0 Å². The topological polar surface area (TPSA) is 36.1 Å². The van der Waals surface area contributed by atoms with E-state index in [1.165, 1.54) is 10.9 Å². The number of fused-ring (bicyclic) bond motifs is 1. The lowest BCUT2D eigenvalue weighted by atomic mass is 9.82. The highest BCUT2D eigenvalue weighted by molar-refractivity contribution is 5.90. The predicted octanol–water partition coefficient (Wildman–Crippen LogP) is 4.42. The number of rotatable bonds is 4. The average Bonchev–Trinajstić information content (AvgIpc) is 2.84. The summed E-state index contributed by atoms with van der Waals surface area (Å²) in [4.78, 5) is 18.6. The molecule has 2 rings (SSSR count). The van der Waals surface area contributed by atoms with Crippen LogP contribution in [0, 0.1) is 5.41 Å². The molecule has 3 nitrogen and oxygen atoms in total. The molecule has 1 atom stereocenters. The van der Waals surface area contributed by atoms with Gasteiger partial charge in [0.1, 0.15) is 0 Å². The zero-order valence-corrected chi connectivity index (χ0v) is 15.5. The number of nitrogens with zero attached hydrogens (tertiary/aromatic N) is 1. The monoisotopic (exact) mass is 314 g/mol. The maximum absolute atomic E-state index is 13.1. The molecule has 0 unspecified atom stereocenters. The van der Waals surface area contributed by atoms with Crippen LogP contribution in [0.25, 0.3) is 10.9 Å². The van der Waals surface area contributed by atoms with Crippen molar-refractivity contribution < 1.29 is 4.79 Å². The van der Waals surface area contributed by atoms with E-state index in [0.717, 1.165) is 11.9 Å². The molecular weight excluding hydrogens is 284 g/mol. The minimum Gasteiger partial charge on any atom is -0.361 e. The lowest BCUT2D eigenvalue weighted by Gasteiger charge is -2.40. The van der Waals surface area contributed by atoms with Crippen molar-refractivity contribution in [1.82, 2.24) is 9.88 Å². The molecule has 126 valence electrons. The van der Waals surface area contributed by atoms with Gasteiger partial charge in [0.25, 0.3) is 0 Å². The van der Waals surface area contributed by atoms with Crippen molar-refractivity contribution in [2.24, 2.45) is 5.41 Å². The maximum Gasteiger partial charge on any atom is 0.155 e. The Labute approximate surface area is 140 Å². The van der Waals surface area contributed by atoms with Crippen LogP contribution in [-0.4, -0.2) is 34.3 Å². The summed E-state index contributed by atoms with van der Waals surface area (Å²) >= 11 is 0. The average molecular weight is 314 g/mol. The smallest absolute Gasteiger partial charge is 0.155 e. The van der Waals surface area contributed by atoms with Gasteiger partial charge in [0, 0.05) is 28.1 Å². The Balaban J connectivity index is 2.40. The maximum atomic E-state index is 13.1. The number of ketones is 1. The molecule has 0 fully saturated rings. The highest BCUT2D eigenvalue weighted by Crippen LogP contribution is 2.28. The number of aromatic amines is 1. The summed E-state index contributed by atoms with van der Waals surface area (Å²) in [6, 6.07) is 8.15. The molecular formula is C20H30N2O. The van der Waals surface area contributed by atoms with Crippen LogP contribution in [0.4, 0.5) is 0 Å². The molecule has 1 aromatic heterocycles. The molecule has 0 spiro atoms. The standard InChI is InChI=1S/C20H30N2O/c1-19(2,3)18(23)17(22(7)20(4,5)6)12-14-13-21-16-11-9-8-10-15(14)16/h8-11,13,17,21H,12H2,1-7H3/t17-/m0/s1. The molecule has 23 heavy (non-hydrogen) atoms. The summed E-state index contributed by atoms with van der Waals surface area (Å²) in [5.74, 6) is 0.292. The van der Waals surface area contributed by atoms with Gasteiger partial charge >= 0.3 is 0 Å². The molecule has 0 saturated carbocycles. The quantitative estimate of drug-likeness (QED) is 0.906. The van der Waals surface area contributed by atoms with Gasteiger partial charge < -0.3 is 4.98 Å². The second-order valence-electron chi connectivity index (χ2n) is 8.48. The summed E-state index contributed by atoms with van der Waals surface area (Å²) < 4.78 is 0. The third-order valence-corrected chi connectivity index (χ3v) is 4.66. The number of carbonyl (C=O) groups is 1. The first-order valence-corrected chi connectivity index (χ1v) is 8.34. The SMILES string of the molecule is CN([C@@H](Cc1c[nH]c2ccccc12)C(=O)C(C)(C)C)C(C)(C)C. The van der Waals surface area contributed by atoms with Gasteiger partial charge in [-0.1, -0.05) is 39.0 Å². The normalized spacial score (nSPS) is 14.4. The molecule has 3 heteroatoms. The van der Waals surface area contributed by atoms with E-state index < -0.39 is 0 Å². The van der Waals surface area contributed by atoms with Gasteiger partial charge in [-0.3, -0.25) is 9.69 Å². The number of hydrogen-bond donors (Lipinski definition) is 1. The van der Waals surface area contributed by atoms with E-state index in [1.807, 2.05) is 39.1 Å². The first-order chi connectivity index (χ1) is 10.5. The highest BCUT2D eigenvalue weighted by atomic mass is 16.1. The van der Waals surface area contributed by atoms with Crippen molar-refractivity contribution in [3.8, 4) is 0 Å². The third-order valence-electron chi connectivity index (χ3n) is 4.66. The highest BCUT2D eigenvalue weighted by Gasteiger charge is 2.36. The Morgan fingerprint density at radius 2 is 1.74 bits per heavy atom. The number of Topliss-reactive ketones (excluding diaryl/α,β-unsaturated/α-hetero) is 1. The summed E-state index contributed by atoms with van der Waals surface area (Å²) in [7, 11) is 2.06. The Morgan fingerprint density at radius 3 is 2.30 bits per heavy atom. The van der Waals surface area contributed by atoms with Crippen LogP contribution < -0.4 is 0 Å². The van der Waals surface area contributed by atoms with Gasteiger partial charge in [-0.15, -0.1) is 0 Å². The molecule has 1 aromatic carbocycles. The van der Waals surface area contributed by atoms with E-state index in [4.69, 9.17) is 0 Å². The molecule has 0 aliphatic carbocycles. The fourth-order valence-electron chi connectivity index (χ4n) is 2.88. The zero-order valence-electron chi connectivity index (χ0n) is 15.5. The minimum absolute atomic E-state index is 0.0578. The minimum atomic E-state index is -0.351. The van der Waals surface area contributed by atoms with Crippen molar-refractivity contribution in [1.29, 1.82) is 0 Å². The van der Waals surface area contributed by atoms with Gasteiger partial charge in [0.05, 0.1) is 6.04 Å². The Morgan fingerprint density at radius 1 is 1.13 bits per heavy atom. The molecule has 0 bridgehead atoms. The van der Waals surface area contributed by atoms with E-state index in [0.29, 0.717) is 5.78 Å². The number of likely N-dealkylation sites (N-methyl/N-ethyl adjacent to an activating group) is 1. The van der Waals surface area contributed by atoms with Crippen LogP contribution in [0.1, 0.15) is 47.1 Å². The van der Waals surface area contributed by atoms with E-state index in [-0.39, 0.29) is 17.0 Å². The van der Waals surface area contributed by atoms with Gasteiger partial charge in [0.2, 0.25) is 0 Å². The lowest BCUT2D eigenvalue weighted by molar-refractivity contribution is -0.133. The Hall–Kier alpha value is -1.61. The molecule has 0 aliphatic rings. The number of H-pyrrole nitrogens is 1. The second kappa shape index (κ2) is 6.12. The Kier molecular flexibility index (Phi) is 4.72. The molecule has 2 aromatic rings. The first kappa shape index (κ1) is 17.7. The van der Waals surface area contributed by atoms with E-state index in [9.17, 15) is 4.79 Å². The third kappa shape index (κ3) is 3.84. The fourth-order valence-corrected chi connectivity index (χ4v) is 2.88. The first-order valence-electron chi connectivity index (χ1n) is 8.34. The number of benzene rings is 1. The van der Waals surface area contributed by atoms with Crippen molar-refractivity contribution >= 4 is 16.7 Å². The molecule has 0 aliphatic heterocycles. The number of carbonyl (C=O) groups excluding carboxylic acids is 1. The van der Waals surface area contributed by atoms with Crippen molar-refractivity contribution in [2.45, 2.75) is 59.5 Å². The van der Waals surface area contributed by atoms with Gasteiger partial charge in [-0.05, 0) is 45.9 Å². The summed E-state index contributed by atoms with van der Waals surface area (Å²) in [5.41, 5.74) is 1.93. The zero-order chi connectivity index (χ0) is 17.4. The largest absolute Gasteiger partial charge is 0.361 e. The van der Waals surface area contributed by atoms with Crippen LogP contribution >= 0.6 is 0 Å². The van der Waals surface area contributed by atoms with Gasteiger partial charge in [0.15, 0.2) is 5.78 Å². The number of para-hydroxylation sites is 1. The molecule has 0 radical (unpaired) electrons. The number of hydrogen-bond acceptors (Lipinski definition) is 2. The lowest BCUT2D eigenvalue weighted by Crippen LogP contribution is -2.52. The van der Waals surface area contributed by atoms with Crippen LogP contribution in [-0.2, 0) is 11.2 Å². The molecule has 1 N–H and O–H groups in total. The summed E-state index contributed by atoms with van der Waals surface area (Å²) in [6.45, 7) is 12.5. The van der Waals surface area contributed by atoms with E-state index in [2.05, 4.69) is 49.8 Å². The van der Waals surface area contributed by atoms with Crippen LogP contribution in [0.3, 0.4) is 0 Å². The van der Waals surface area contributed by atoms with Crippen LogP contribution in [0.15, 0.2) is 30.5 Å². The van der Waals surface area contributed by atoms with Crippen LogP contribution in [0.2, 0.25) is 0 Å². The summed E-state index contributed by atoms with van der Waals surface area (Å²) in [6.07, 6.45) is 2.78. The molecule has 0 amide bonds. The summed E-state index contributed by atoms with van der Waals surface area (Å²) in [5, 5.41) is 1.21. The number of nitrogens with one attached hydrogen (secondary N) is 1. The molecule has 1 heterocycles. The van der Waals surface area contributed by atoms with E-state index in [1.54, 1.807) is 0 Å². The van der Waals surface area contributed by atoms with Gasteiger partial charge in [-0.2, -0.15) is 0 Å². The second-order valence-corrected chi connectivity index (χ2v) is 8.48. The van der Waals surface area contributed by atoms with Crippen LogP contribution in [0.5, 0.6) is 0 Å². The van der Waals surface area contributed by atoms with Gasteiger partial charge in [-0.25, -0.2) is 0 Å². The Bertz CT molecular complexity index is 685.